The van der Waals surface area contributed by atoms with Crippen molar-refractivity contribution in [3.8, 4) is 5.75 Å². The molecule has 1 heterocycles. The minimum Gasteiger partial charge on any atom is -0.493 e. The summed E-state index contributed by atoms with van der Waals surface area (Å²) in [6.45, 7) is 2.21. The molecule has 4 nitrogen and oxygen atoms in total. The van der Waals surface area contributed by atoms with Crippen molar-refractivity contribution in [3.05, 3.63) is 59.4 Å². The summed E-state index contributed by atoms with van der Waals surface area (Å²) in [6.07, 6.45) is 1.99. The lowest BCUT2D eigenvalue weighted by atomic mass is 10.2. The number of carbonyl (C=O) groups is 1. The van der Waals surface area contributed by atoms with Gasteiger partial charge in [-0.25, -0.2) is 0 Å². The Morgan fingerprint density at radius 1 is 1.33 bits per heavy atom. The van der Waals surface area contributed by atoms with Crippen LogP contribution in [0.1, 0.15) is 25.1 Å². The number of aromatic nitrogens is 1. The van der Waals surface area contributed by atoms with Crippen molar-refractivity contribution in [1.82, 2.24) is 10.3 Å². The fraction of sp³-hybridized carbons (Fsp3) is 0.250. The van der Waals surface area contributed by atoms with Gasteiger partial charge in [0.25, 0.3) is 0 Å². The second kappa shape index (κ2) is 7.64. The molecule has 0 fully saturated rings. The average Bonchev–Trinajstić information content (AvgIpc) is 2.48. The van der Waals surface area contributed by atoms with Crippen LogP contribution in [0.15, 0.2) is 48.7 Å². The number of hydrogen-bond acceptors (Lipinski definition) is 3. The molecular weight excluding hydrogens is 288 g/mol. The Labute approximate surface area is 129 Å². The monoisotopic (exact) mass is 304 g/mol. The zero-order valence-corrected chi connectivity index (χ0v) is 12.5. The molecule has 0 radical (unpaired) electrons. The van der Waals surface area contributed by atoms with E-state index in [1.165, 1.54) is 0 Å². The molecule has 0 aliphatic heterocycles. The first-order valence-corrected chi connectivity index (χ1v) is 7.11. The zero-order valence-electron chi connectivity index (χ0n) is 11.8. The Kier molecular flexibility index (Phi) is 5.58. The van der Waals surface area contributed by atoms with Gasteiger partial charge in [-0.2, -0.15) is 0 Å². The second-order valence-electron chi connectivity index (χ2n) is 4.60. The molecule has 1 amide bonds. The summed E-state index contributed by atoms with van der Waals surface area (Å²) in [5.41, 5.74) is 0.835. The van der Waals surface area contributed by atoms with Crippen LogP contribution in [0, 0.1) is 0 Å². The molecule has 1 N–H and O–H groups in total. The normalized spacial score (nSPS) is 11.7. The van der Waals surface area contributed by atoms with E-state index in [1.54, 1.807) is 30.5 Å². The van der Waals surface area contributed by atoms with Crippen molar-refractivity contribution in [2.75, 3.05) is 6.61 Å². The molecule has 1 unspecified atom stereocenters. The Morgan fingerprint density at radius 3 is 2.90 bits per heavy atom. The molecule has 0 saturated heterocycles. The maximum absolute atomic E-state index is 11.8. The highest BCUT2D eigenvalue weighted by Gasteiger charge is 2.10. The Morgan fingerprint density at radius 2 is 2.19 bits per heavy atom. The number of rotatable bonds is 6. The van der Waals surface area contributed by atoms with Crippen LogP contribution in [0.5, 0.6) is 5.75 Å². The molecule has 2 aromatic rings. The maximum atomic E-state index is 11.8. The van der Waals surface area contributed by atoms with Gasteiger partial charge in [0.05, 0.1) is 24.8 Å². The number of hydrogen-bond donors (Lipinski definition) is 1. The van der Waals surface area contributed by atoms with Crippen LogP contribution in [-0.2, 0) is 4.79 Å². The third-order valence-electron chi connectivity index (χ3n) is 2.90. The highest BCUT2D eigenvalue weighted by Crippen LogP contribution is 2.17. The largest absolute Gasteiger partial charge is 0.493 e. The van der Waals surface area contributed by atoms with Crippen LogP contribution in [-0.4, -0.2) is 17.5 Å². The van der Waals surface area contributed by atoms with Gasteiger partial charge >= 0.3 is 0 Å². The van der Waals surface area contributed by atoms with E-state index in [2.05, 4.69) is 10.3 Å². The van der Waals surface area contributed by atoms with Gasteiger partial charge in [0.2, 0.25) is 5.91 Å². The third kappa shape index (κ3) is 5.08. The molecule has 21 heavy (non-hydrogen) atoms. The number of carbonyl (C=O) groups excluding carboxylic acids is 1. The predicted octanol–water partition coefficient (Wildman–Crippen LogP) is 3.38. The van der Waals surface area contributed by atoms with Gasteiger partial charge in [-0.05, 0) is 37.3 Å². The smallest absolute Gasteiger partial charge is 0.223 e. The average molecular weight is 305 g/mol. The molecule has 1 aromatic heterocycles. The Bertz CT molecular complexity index is 590. The molecule has 0 aliphatic rings. The predicted molar refractivity (Wildman–Crippen MR) is 82.4 cm³/mol. The molecule has 110 valence electrons. The molecule has 2 rings (SSSR count). The van der Waals surface area contributed by atoms with E-state index in [1.807, 2.05) is 25.1 Å². The fourth-order valence-corrected chi connectivity index (χ4v) is 2.02. The van der Waals surface area contributed by atoms with E-state index in [4.69, 9.17) is 16.3 Å². The van der Waals surface area contributed by atoms with Gasteiger partial charge in [-0.3, -0.25) is 9.78 Å². The standard InChI is InChI=1S/C16H17ClN2O2/c1-12(15-7-2-3-9-18-15)19-16(20)8-10-21-14-6-4-5-13(17)11-14/h2-7,9,11-12H,8,10H2,1H3,(H,19,20). The van der Waals surface area contributed by atoms with E-state index >= 15 is 0 Å². The van der Waals surface area contributed by atoms with Crippen molar-refractivity contribution in [3.63, 3.8) is 0 Å². The molecule has 1 atom stereocenters. The summed E-state index contributed by atoms with van der Waals surface area (Å²) in [6, 6.07) is 12.6. The number of halogens is 1. The van der Waals surface area contributed by atoms with Gasteiger partial charge in [0, 0.05) is 11.2 Å². The van der Waals surface area contributed by atoms with E-state index < -0.39 is 0 Å². The Balaban J connectivity index is 1.75. The summed E-state index contributed by atoms with van der Waals surface area (Å²) in [5.74, 6) is 0.586. The first-order chi connectivity index (χ1) is 10.1. The van der Waals surface area contributed by atoms with Crippen LogP contribution in [0.2, 0.25) is 5.02 Å². The molecule has 5 heteroatoms. The maximum Gasteiger partial charge on any atom is 0.223 e. The quantitative estimate of drug-likeness (QED) is 0.890. The van der Waals surface area contributed by atoms with Crippen LogP contribution in [0.3, 0.4) is 0 Å². The van der Waals surface area contributed by atoms with Gasteiger partial charge in [-0.15, -0.1) is 0 Å². The van der Waals surface area contributed by atoms with E-state index in [0.29, 0.717) is 17.4 Å². The first-order valence-electron chi connectivity index (χ1n) is 6.74. The topological polar surface area (TPSA) is 51.2 Å². The Hall–Kier alpha value is -2.07. The van der Waals surface area contributed by atoms with Gasteiger partial charge in [0.15, 0.2) is 0 Å². The van der Waals surface area contributed by atoms with Gasteiger partial charge < -0.3 is 10.1 Å². The SMILES string of the molecule is CC(NC(=O)CCOc1cccc(Cl)c1)c1ccccn1. The van der Waals surface area contributed by atoms with E-state index in [9.17, 15) is 4.79 Å². The van der Waals surface area contributed by atoms with Crippen molar-refractivity contribution in [1.29, 1.82) is 0 Å². The lowest BCUT2D eigenvalue weighted by Gasteiger charge is -2.13. The van der Waals surface area contributed by atoms with Crippen LogP contribution in [0.4, 0.5) is 0 Å². The lowest BCUT2D eigenvalue weighted by Crippen LogP contribution is -2.28. The number of ether oxygens (including phenoxy) is 1. The van der Waals surface area contributed by atoms with Crippen molar-refractivity contribution >= 4 is 17.5 Å². The molecular formula is C16H17ClN2O2. The molecule has 1 aromatic carbocycles. The minimum atomic E-state index is -0.120. The van der Waals surface area contributed by atoms with Crippen molar-refractivity contribution in [2.24, 2.45) is 0 Å². The molecule has 0 saturated carbocycles. The number of amides is 1. The highest BCUT2D eigenvalue weighted by atomic mass is 35.5. The van der Waals surface area contributed by atoms with Crippen molar-refractivity contribution < 1.29 is 9.53 Å². The minimum absolute atomic E-state index is 0.0739. The summed E-state index contributed by atoms with van der Waals surface area (Å²) >= 11 is 5.86. The summed E-state index contributed by atoms with van der Waals surface area (Å²) in [4.78, 5) is 16.0. The molecule has 0 spiro atoms. The summed E-state index contributed by atoms with van der Waals surface area (Å²) in [5, 5.41) is 3.50. The van der Waals surface area contributed by atoms with Crippen LogP contribution < -0.4 is 10.1 Å². The number of benzene rings is 1. The highest BCUT2D eigenvalue weighted by molar-refractivity contribution is 6.30. The summed E-state index contributed by atoms with van der Waals surface area (Å²) in [7, 11) is 0. The van der Waals surface area contributed by atoms with Gasteiger partial charge in [0.1, 0.15) is 5.75 Å². The van der Waals surface area contributed by atoms with Gasteiger partial charge in [-0.1, -0.05) is 23.7 Å². The number of pyridine rings is 1. The second-order valence-corrected chi connectivity index (χ2v) is 5.04. The number of nitrogens with one attached hydrogen (secondary N) is 1. The number of nitrogens with zero attached hydrogens (tertiary/aromatic N) is 1. The summed E-state index contributed by atoms with van der Waals surface area (Å²) < 4.78 is 5.48. The third-order valence-corrected chi connectivity index (χ3v) is 3.14. The molecule has 0 bridgehead atoms. The zero-order chi connectivity index (χ0) is 15.1. The van der Waals surface area contributed by atoms with Crippen molar-refractivity contribution in [2.45, 2.75) is 19.4 Å². The van der Waals surface area contributed by atoms with E-state index in [-0.39, 0.29) is 18.4 Å². The van der Waals surface area contributed by atoms with Crippen LogP contribution >= 0.6 is 11.6 Å². The first kappa shape index (κ1) is 15.3. The molecule has 0 aliphatic carbocycles. The lowest BCUT2D eigenvalue weighted by molar-refractivity contribution is -0.122. The van der Waals surface area contributed by atoms with Crippen LogP contribution in [0.25, 0.3) is 0 Å². The van der Waals surface area contributed by atoms with E-state index in [0.717, 1.165) is 5.69 Å². The fourth-order valence-electron chi connectivity index (χ4n) is 1.84.